The Balaban J connectivity index is 1.93. The van der Waals surface area contributed by atoms with Crippen molar-refractivity contribution < 1.29 is 4.74 Å². The first kappa shape index (κ1) is 14.7. The fourth-order valence-corrected chi connectivity index (χ4v) is 2.92. The Bertz CT molecular complexity index is 1040. The summed E-state index contributed by atoms with van der Waals surface area (Å²) in [4.78, 5) is 4.03. The predicted octanol–water partition coefficient (Wildman–Crippen LogP) is 3.46. The molecule has 0 saturated carbocycles. The molecule has 4 aromatic rings. The molecular weight excluding hydrogens is 326 g/mol. The van der Waals surface area contributed by atoms with Gasteiger partial charge in [0.15, 0.2) is 0 Å². The van der Waals surface area contributed by atoms with Gasteiger partial charge in [-0.15, -0.1) is 0 Å². The van der Waals surface area contributed by atoms with Gasteiger partial charge in [0.1, 0.15) is 16.4 Å². The van der Waals surface area contributed by atoms with Crippen LogP contribution < -0.4 is 4.74 Å². The van der Waals surface area contributed by atoms with Gasteiger partial charge in [0.25, 0.3) is 0 Å². The first-order valence-corrected chi connectivity index (χ1v) is 7.70. The molecule has 0 aliphatic rings. The molecule has 0 radical (unpaired) electrons. The molecule has 4 aromatic heterocycles. The molecule has 4 rings (SSSR count). The van der Waals surface area contributed by atoms with Gasteiger partial charge < -0.3 is 4.74 Å². The number of hydrogen-bond acceptors (Lipinski definition) is 4. The van der Waals surface area contributed by atoms with Crippen molar-refractivity contribution in [3.05, 3.63) is 54.3 Å². The first-order valence-electron chi connectivity index (χ1n) is 7.32. The van der Waals surface area contributed by atoms with E-state index in [2.05, 4.69) is 15.2 Å². The Morgan fingerprint density at radius 2 is 1.92 bits per heavy atom. The third kappa shape index (κ3) is 2.41. The molecule has 0 fully saturated rings. The summed E-state index contributed by atoms with van der Waals surface area (Å²) >= 11 is 6.02. The fourth-order valence-electron chi connectivity index (χ4n) is 2.75. The van der Waals surface area contributed by atoms with E-state index in [4.69, 9.17) is 16.3 Å². The normalized spacial score (nSPS) is 11.1. The van der Waals surface area contributed by atoms with Crippen LogP contribution in [0.3, 0.4) is 0 Å². The summed E-state index contributed by atoms with van der Waals surface area (Å²) in [5.41, 5.74) is 4.75. The second-order valence-electron chi connectivity index (χ2n) is 5.42. The molecule has 120 valence electrons. The quantitative estimate of drug-likeness (QED) is 0.536. The van der Waals surface area contributed by atoms with Gasteiger partial charge in [-0.3, -0.25) is 4.68 Å². The van der Waals surface area contributed by atoms with E-state index in [-0.39, 0.29) is 0 Å². The van der Waals surface area contributed by atoms with Gasteiger partial charge in [0, 0.05) is 42.3 Å². The predicted molar refractivity (Wildman–Crippen MR) is 92.2 cm³/mol. The van der Waals surface area contributed by atoms with Crippen LogP contribution in [0.2, 0.25) is 5.15 Å². The van der Waals surface area contributed by atoms with Crippen molar-refractivity contribution in [3.8, 4) is 28.0 Å². The third-order valence-corrected chi connectivity index (χ3v) is 4.08. The lowest BCUT2D eigenvalue weighted by Crippen LogP contribution is -1.94. The van der Waals surface area contributed by atoms with Gasteiger partial charge in [-0.1, -0.05) is 11.6 Å². The molecule has 0 bridgehead atoms. The highest BCUT2D eigenvalue weighted by Gasteiger charge is 2.15. The number of methoxy groups -OCH3 is 1. The van der Waals surface area contributed by atoms with Crippen LogP contribution in [0.5, 0.6) is 5.75 Å². The maximum atomic E-state index is 6.02. The number of ether oxygens (including phenoxy) is 1. The summed E-state index contributed by atoms with van der Waals surface area (Å²) in [6, 6.07) is 5.70. The van der Waals surface area contributed by atoms with Gasteiger partial charge in [-0.25, -0.2) is 9.50 Å². The average molecular weight is 340 g/mol. The molecule has 0 aliphatic heterocycles. The van der Waals surface area contributed by atoms with Crippen molar-refractivity contribution in [2.75, 3.05) is 7.11 Å². The van der Waals surface area contributed by atoms with Crippen LogP contribution in [0.15, 0.2) is 49.2 Å². The molecule has 6 nitrogen and oxygen atoms in total. The van der Waals surface area contributed by atoms with Gasteiger partial charge >= 0.3 is 0 Å². The second-order valence-corrected chi connectivity index (χ2v) is 5.81. The molecule has 0 atom stereocenters. The summed E-state index contributed by atoms with van der Waals surface area (Å²) in [7, 11) is 3.54. The molecule has 7 heteroatoms. The molecule has 24 heavy (non-hydrogen) atoms. The third-order valence-electron chi connectivity index (χ3n) is 3.87. The molecule has 0 N–H and O–H groups in total. The molecule has 0 spiro atoms. The highest BCUT2D eigenvalue weighted by atomic mass is 35.5. The lowest BCUT2D eigenvalue weighted by molar-refractivity contribution is 0.418. The number of halogens is 1. The number of fused-ring (bicyclic) bond motifs is 1. The van der Waals surface area contributed by atoms with E-state index >= 15 is 0 Å². The van der Waals surface area contributed by atoms with E-state index in [9.17, 15) is 0 Å². The standard InChI is InChI=1S/C17H14ClN5O/c1-22-9-13(7-20-22)12-5-15(24-2)17-14(8-21-23(17)10-12)11-3-4-19-16(18)6-11/h3-10H,1-2H3. The monoisotopic (exact) mass is 339 g/mol. The molecule has 0 saturated heterocycles. The minimum atomic E-state index is 0.442. The number of aromatic nitrogens is 5. The zero-order valence-corrected chi connectivity index (χ0v) is 13.9. The second kappa shape index (κ2) is 5.65. The van der Waals surface area contributed by atoms with E-state index in [1.54, 1.807) is 24.2 Å². The van der Waals surface area contributed by atoms with E-state index in [0.29, 0.717) is 5.15 Å². The zero-order chi connectivity index (χ0) is 16.7. The SMILES string of the molecule is COc1cc(-c2cnn(C)c2)cn2ncc(-c3ccnc(Cl)c3)c12. The van der Waals surface area contributed by atoms with E-state index in [1.807, 2.05) is 48.4 Å². The van der Waals surface area contributed by atoms with Crippen LogP contribution in [0, 0.1) is 0 Å². The molecule has 0 aromatic carbocycles. The topological polar surface area (TPSA) is 57.2 Å². The Kier molecular flexibility index (Phi) is 3.46. The van der Waals surface area contributed by atoms with Gasteiger partial charge in [-0.2, -0.15) is 10.2 Å². The number of rotatable bonds is 3. The fraction of sp³-hybridized carbons (Fsp3) is 0.118. The summed E-state index contributed by atoms with van der Waals surface area (Å²) in [6.45, 7) is 0. The number of nitrogens with zero attached hydrogens (tertiary/aromatic N) is 5. The minimum Gasteiger partial charge on any atom is -0.494 e. The molecule has 4 heterocycles. The molecule has 0 aliphatic carbocycles. The van der Waals surface area contributed by atoms with Gasteiger partial charge in [0.05, 0.1) is 19.5 Å². The minimum absolute atomic E-state index is 0.442. The molecule has 0 amide bonds. The van der Waals surface area contributed by atoms with Crippen LogP contribution >= 0.6 is 11.6 Å². The zero-order valence-electron chi connectivity index (χ0n) is 13.1. The van der Waals surface area contributed by atoms with Crippen LogP contribution in [-0.2, 0) is 7.05 Å². The van der Waals surface area contributed by atoms with Crippen molar-refractivity contribution in [1.82, 2.24) is 24.4 Å². The summed E-state index contributed by atoms with van der Waals surface area (Å²) in [6.07, 6.45) is 9.21. The lowest BCUT2D eigenvalue weighted by Gasteiger charge is -2.08. The van der Waals surface area contributed by atoms with Crippen LogP contribution in [0.4, 0.5) is 0 Å². The highest BCUT2D eigenvalue weighted by Crippen LogP contribution is 2.34. The Hall–Kier alpha value is -2.86. The molecular formula is C17H14ClN5O. The summed E-state index contributed by atoms with van der Waals surface area (Å²) < 4.78 is 9.18. The average Bonchev–Trinajstić information content (AvgIpc) is 3.20. The summed E-state index contributed by atoms with van der Waals surface area (Å²) in [5.74, 6) is 0.733. The maximum Gasteiger partial charge on any atom is 0.145 e. The molecule has 0 unspecified atom stereocenters. The van der Waals surface area contributed by atoms with E-state index < -0.39 is 0 Å². The van der Waals surface area contributed by atoms with Crippen LogP contribution in [0.25, 0.3) is 27.8 Å². The summed E-state index contributed by atoms with van der Waals surface area (Å²) in [5, 5.41) is 9.13. The van der Waals surface area contributed by atoms with Gasteiger partial charge in [-0.05, 0) is 23.8 Å². The highest BCUT2D eigenvalue weighted by molar-refractivity contribution is 6.29. The van der Waals surface area contributed by atoms with E-state index in [1.165, 1.54) is 0 Å². The number of aryl methyl sites for hydroxylation is 1. The van der Waals surface area contributed by atoms with Crippen LogP contribution in [0.1, 0.15) is 0 Å². The van der Waals surface area contributed by atoms with Crippen molar-refractivity contribution in [2.45, 2.75) is 0 Å². The van der Waals surface area contributed by atoms with Gasteiger partial charge in [0.2, 0.25) is 0 Å². The van der Waals surface area contributed by atoms with Crippen LogP contribution in [-0.4, -0.2) is 31.5 Å². The van der Waals surface area contributed by atoms with Crippen molar-refractivity contribution >= 4 is 17.1 Å². The smallest absolute Gasteiger partial charge is 0.145 e. The Morgan fingerprint density at radius 1 is 1.04 bits per heavy atom. The van der Waals surface area contributed by atoms with E-state index in [0.717, 1.165) is 33.5 Å². The Morgan fingerprint density at radius 3 is 2.62 bits per heavy atom. The first-order chi connectivity index (χ1) is 11.7. The number of pyridine rings is 2. The number of hydrogen-bond donors (Lipinski definition) is 0. The van der Waals surface area contributed by atoms with Crippen molar-refractivity contribution in [1.29, 1.82) is 0 Å². The largest absolute Gasteiger partial charge is 0.494 e. The maximum absolute atomic E-state index is 6.02. The Labute approximate surface area is 143 Å². The lowest BCUT2D eigenvalue weighted by atomic mass is 10.1. The van der Waals surface area contributed by atoms with Crippen molar-refractivity contribution in [2.24, 2.45) is 7.05 Å². The van der Waals surface area contributed by atoms with Crippen molar-refractivity contribution in [3.63, 3.8) is 0 Å².